The van der Waals surface area contributed by atoms with E-state index in [1.54, 1.807) is 36.4 Å². The van der Waals surface area contributed by atoms with Crippen LogP contribution in [0.5, 0.6) is 5.75 Å². The first-order valence-electron chi connectivity index (χ1n) is 10.2. The van der Waals surface area contributed by atoms with E-state index in [0.717, 1.165) is 6.07 Å². The standard InChI is InChI=1S/C27H13F7O/c1-35-13-8-6-12(7-9-13)20-14-4-2-3-5-15(14)21(17-11-19(29)18(28)10-16(17)20)22-23(30)25(32)27(34)26(33)24(22)31/h2-11H,1H3. The van der Waals surface area contributed by atoms with Gasteiger partial charge in [0.25, 0.3) is 0 Å². The van der Waals surface area contributed by atoms with Crippen LogP contribution in [0.3, 0.4) is 0 Å². The Kier molecular flexibility index (Phi) is 5.39. The quantitative estimate of drug-likeness (QED) is 0.108. The van der Waals surface area contributed by atoms with Crippen LogP contribution in [0.1, 0.15) is 0 Å². The van der Waals surface area contributed by atoms with Crippen LogP contribution < -0.4 is 4.74 Å². The lowest BCUT2D eigenvalue weighted by Gasteiger charge is -2.19. The van der Waals surface area contributed by atoms with E-state index >= 15 is 0 Å². The third-order valence-electron chi connectivity index (χ3n) is 5.90. The van der Waals surface area contributed by atoms with E-state index in [-0.39, 0.29) is 16.2 Å². The summed E-state index contributed by atoms with van der Waals surface area (Å²) in [6.45, 7) is 0. The van der Waals surface area contributed by atoms with Gasteiger partial charge in [-0.15, -0.1) is 0 Å². The van der Waals surface area contributed by atoms with Crippen molar-refractivity contribution in [3.8, 4) is 28.0 Å². The summed E-state index contributed by atoms with van der Waals surface area (Å²) in [7, 11) is 1.47. The average molecular weight is 486 g/mol. The predicted octanol–water partition coefficient (Wildman–Crippen LogP) is 8.31. The molecule has 0 aliphatic heterocycles. The molecule has 8 heteroatoms. The van der Waals surface area contributed by atoms with Crippen LogP contribution in [0.4, 0.5) is 30.7 Å². The first kappa shape index (κ1) is 22.7. The number of ether oxygens (including phenoxy) is 1. The van der Waals surface area contributed by atoms with Crippen molar-refractivity contribution in [2.45, 2.75) is 0 Å². The molecule has 176 valence electrons. The van der Waals surface area contributed by atoms with E-state index in [9.17, 15) is 30.7 Å². The fourth-order valence-corrected chi connectivity index (χ4v) is 4.33. The van der Waals surface area contributed by atoms with Gasteiger partial charge in [0.1, 0.15) is 5.75 Å². The Morgan fingerprint density at radius 3 is 1.46 bits per heavy atom. The van der Waals surface area contributed by atoms with Crippen LogP contribution >= 0.6 is 0 Å². The highest BCUT2D eigenvalue weighted by Gasteiger charge is 2.30. The van der Waals surface area contributed by atoms with E-state index in [4.69, 9.17) is 4.74 Å². The zero-order valence-electron chi connectivity index (χ0n) is 17.8. The Balaban J connectivity index is 2.04. The van der Waals surface area contributed by atoms with Crippen LogP contribution in [-0.2, 0) is 0 Å². The smallest absolute Gasteiger partial charge is 0.200 e. The number of hydrogen-bond acceptors (Lipinski definition) is 1. The van der Waals surface area contributed by atoms with Gasteiger partial charge >= 0.3 is 0 Å². The molecule has 0 amide bonds. The molecule has 0 unspecified atom stereocenters. The van der Waals surface area contributed by atoms with Crippen molar-refractivity contribution in [2.75, 3.05) is 7.11 Å². The summed E-state index contributed by atoms with van der Waals surface area (Å²) in [6, 6.07) is 14.2. The fourth-order valence-electron chi connectivity index (χ4n) is 4.33. The number of rotatable bonds is 3. The Hall–Kier alpha value is -4.07. The lowest BCUT2D eigenvalue weighted by atomic mass is 9.85. The van der Waals surface area contributed by atoms with Gasteiger partial charge < -0.3 is 4.74 Å². The zero-order valence-corrected chi connectivity index (χ0v) is 17.8. The summed E-state index contributed by atoms with van der Waals surface area (Å²) in [4.78, 5) is 0. The van der Waals surface area contributed by atoms with Crippen molar-refractivity contribution in [3.63, 3.8) is 0 Å². The Labute approximate surface area is 194 Å². The summed E-state index contributed by atoms with van der Waals surface area (Å²) < 4.78 is 106. The SMILES string of the molecule is COc1ccc(-c2c3ccccc3c(-c3c(F)c(F)c(F)c(F)c3F)c3cc(F)c(F)cc23)cc1. The highest BCUT2D eigenvalue weighted by atomic mass is 19.2. The monoisotopic (exact) mass is 486 g/mol. The number of hydrogen-bond donors (Lipinski definition) is 0. The van der Waals surface area contributed by atoms with E-state index < -0.39 is 51.8 Å². The van der Waals surface area contributed by atoms with Crippen LogP contribution in [0.15, 0.2) is 60.7 Å². The molecule has 0 saturated heterocycles. The predicted molar refractivity (Wildman–Crippen MR) is 119 cm³/mol. The largest absolute Gasteiger partial charge is 0.497 e. The molecule has 0 N–H and O–H groups in total. The van der Waals surface area contributed by atoms with E-state index in [1.165, 1.54) is 19.2 Å². The van der Waals surface area contributed by atoms with E-state index in [1.807, 2.05) is 0 Å². The first-order chi connectivity index (χ1) is 16.7. The van der Waals surface area contributed by atoms with Crippen molar-refractivity contribution in [3.05, 3.63) is 101 Å². The molecule has 0 aliphatic carbocycles. The van der Waals surface area contributed by atoms with Gasteiger partial charge in [0, 0.05) is 5.56 Å². The second kappa shape index (κ2) is 8.30. The maximum atomic E-state index is 14.9. The van der Waals surface area contributed by atoms with Gasteiger partial charge in [-0.1, -0.05) is 36.4 Å². The van der Waals surface area contributed by atoms with Crippen LogP contribution in [0.25, 0.3) is 43.8 Å². The first-order valence-corrected chi connectivity index (χ1v) is 10.2. The van der Waals surface area contributed by atoms with Crippen LogP contribution in [-0.4, -0.2) is 7.11 Å². The lowest BCUT2D eigenvalue weighted by molar-refractivity contribution is 0.381. The molecule has 5 aromatic rings. The molecular weight excluding hydrogens is 473 g/mol. The van der Waals surface area contributed by atoms with Crippen molar-refractivity contribution in [2.24, 2.45) is 0 Å². The van der Waals surface area contributed by atoms with Gasteiger partial charge in [0.2, 0.25) is 5.82 Å². The number of benzene rings is 5. The van der Waals surface area contributed by atoms with Crippen molar-refractivity contribution in [1.82, 2.24) is 0 Å². The van der Waals surface area contributed by atoms with E-state index in [2.05, 4.69) is 0 Å². The maximum absolute atomic E-state index is 14.9. The van der Waals surface area contributed by atoms with Crippen LogP contribution in [0.2, 0.25) is 0 Å². The Morgan fingerprint density at radius 2 is 0.943 bits per heavy atom. The van der Waals surface area contributed by atoms with Gasteiger partial charge in [-0.05, 0) is 56.9 Å². The summed E-state index contributed by atoms with van der Waals surface area (Å²) in [5.74, 6) is -12.8. The second-order valence-electron chi connectivity index (χ2n) is 7.78. The maximum Gasteiger partial charge on any atom is 0.200 e. The molecule has 0 aromatic heterocycles. The molecule has 0 heterocycles. The zero-order chi connectivity index (χ0) is 25.0. The lowest BCUT2D eigenvalue weighted by Crippen LogP contribution is -2.05. The minimum Gasteiger partial charge on any atom is -0.497 e. The molecule has 0 fully saturated rings. The summed E-state index contributed by atoms with van der Waals surface area (Å²) >= 11 is 0. The van der Waals surface area contributed by atoms with Gasteiger partial charge in [-0.2, -0.15) is 0 Å². The minimum absolute atomic E-state index is 0.0201. The summed E-state index contributed by atoms with van der Waals surface area (Å²) in [5, 5.41) is 0.207. The summed E-state index contributed by atoms with van der Waals surface area (Å²) in [5.41, 5.74) is -0.763. The number of halogens is 7. The van der Waals surface area contributed by atoms with Crippen LogP contribution in [0, 0.1) is 40.7 Å². The van der Waals surface area contributed by atoms with Gasteiger partial charge in [-0.3, -0.25) is 0 Å². The third kappa shape index (κ3) is 3.39. The number of methoxy groups -OCH3 is 1. The number of fused-ring (bicyclic) bond motifs is 2. The fraction of sp³-hybridized carbons (Fsp3) is 0.0370. The molecule has 5 rings (SSSR count). The normalized spacial score (nSPS) is 11.4. The molecule has 5 aromatic carbocycles. The minimum atomic E-state index is -2.32. The van der Waals surface area contributed by atoms with Gasteiger partial charge in [-0.25, -0.2) is 30.7 Å². The molecule has 0 saturated carbocycles. The van der Waals surface area contributed by atoms with Crippen molar-refractivity contribution >= 4 is 21.5 Å². The summed E-state index contributed by atoms with van der Waals surface area (Å²) in [6.07, 6.45) is 0. The van der Waals surface area contributed by atoms with Crippen molar-refractivity contribution in [1.29, 1.82) is 0 Å². The molecule has 35 heavy (non-hydrogen) atoms. The second-order valence-corrected chi connectivity index (χ2v) is 7.78. The molecule has 0 aliphatic rings. The highest BCUT2D eigenvalue weighted by molar-refractivity contribution is 6.21. The molecule has 0 atom stereocenters. The molecule has 1 nitrogen and oxygen atoms in total. The highest BCUT2D eigenvalue weighted by Crippen LogP contribution is 2.46. The Morgan fingerprint density at radius 1 is 0.486 bits per heavy atom. The Bertz CT molecular complexity index is 1610. The third-order valence-corrected chi connectivity index (χ3v) is 5.90. The average Bonchev–Trinajstić information content (AvgIpc) is 2.87. The van der Waals surface area contributed by atoms with Crippen molar-refractivity contribution < 1.29 is 35.5 Å². The molecule has 0 bridgehead atoms. The van der Waals surface area contributed by atoms with Gasteiger partial charge in [0.15, 0.2) is 34.9 Å². The molecule has 0 radical (unpaired) electrons. The van der Waals surface area contributed by atoms with E-state index in [0.29, 0.717) is 28.3 Å². The molecular formula is C27H13F7O. The molecule has 0 spiro atoms. The topological polar surface area (TPSA) is 9.23 Å². The van der Waals surface area contributed by atoms with Gasteiger partial charge in [0.05, 0.1) is 12.7 Å².